The standard InChI is InChI=1S/C40H64N2O11P2/c1-4-6-8-9-10-11-12-13-14-15-16-17-18-19-20-21-29-54(46,49-31-34-23-25-35(26-24-34)52-38(43)22-7-5-2)53-55(47,48)50-32-36-27-28-37(51-36)42-30-33(3)39(44)41-40(42)45/h23-28,30,36-37H,4-22,29,31-32H2,1-3H3,(H,47,48)(H,41,44,45)/t36-,37+,54?/m0/s1. The van der Waals surface area contributed by atoms with Gasteiger partial charge in [-0.3, -0.25) is 28.2 Å². The Balaban J connectivity index is 1.47. The summed E-state index contributed by atoms with van der Waals surface area (Å²) in [5.74, 6) is 0.0485. The quantitative estimate of drug-likeness (QED) is 0.0253. The third-order valence-corrected chi connectivity index (χ3v) is 13.1. The van der Waals surface area contributed by atoms with Crippen molar-refractivity contribution in [2.45, 2.75) is 162 Å². The Labute approximate surface area is 326 Å². The number of rotatable bonds is 30. The second kappa shape index (κ2) is 25.6. The first-order chi connectivity index (χ1) is 26.4. The van der Waals surface area contributed by atoms with E-state index in [1.165, 1.54) is 81.4 Å². The van der Waals surface area contributed by atoms with E-state index in [-0.39, 0.29) is 18.7 Å². The Kier molecular flexibility index (Phi) is 21.7. The molecule has 55 heavy (non-hydrogen) atoms. The van der Waals surface area contributed by atoms with E-state index in [0.717, 1.165) is 38.5 Å². The maximum atomic E-state index is 14.0. The average Bonchev–Trinajstić information content (AvgIpc) is 3.63. The number of esters is 1. The SMILES string of the molecule is CCCCCCCCCCCCCCCCCCP(=O)(OCc1ccc(OC(=O)CCCC)cc1)OP(=O)(O)OC[C@@H]1C=C[C@H](n2cc(C)c(=O)[nH]c2=O)O1. The number of ether oxygens (including phenoxy) is 2. The third kappa shape index (κ3) is 18.9. The minimum Gasteiger partial charge on any atom is -0.427 e. The van der Waals surface area contributed by atoms with Gasteiger partial charge in [-0.1, -0.05) is 135 Å². The monoisotopic (exact) mass is 810 g/mol. The number of nitrogens with zero attached hydrogens (tertiary/aromatic N) is 1. The van der Waals surface area contributed by atoms with Crippen molar-refractivity contribution in [3.05, 3.63) is 74.6 Å². The number of aromatic amines is 1. The van der Waals surface area contributed by atoms with Crippen molar-refractivity contribution in [2.75, 3.05) is 12.8 Å². The summed E-state index contributed by atoms with van der Waals surface area (Å²) in [6, 6.07) is 6.53. The van der Waals surface area contributed by atoms with Crippen molar-refractivity contribution in [1.82, 2.24) is 9.55 Å². The molecule has 0 bridgehead atoms. The van der Waals surface area contributed by atoms with Crippen LogP contribution in [-0.4, -0.2) is 39.3 Å². The smallest absolute Gasteiger partial charge is 0.427 e. The number of hydrogen-bond acceptors (Lipinski definition) is 10. The number of H-pyrrole nitrogens is 1. The minimum absolute atomic E-state index is 0.0805. The molecule has 1 aromatic carbocycles. The number of unbranched alkanes of at least 4 members (excludes halogenated alkanes) is 16. The Morgan fingerprint density at radius 3 is 1.95 bits per heavy atom. The highest BCUT2D eigenvalue weighted by atomic mass is 31.3. The number of aromatic nitrogens is 2. The number of aryl methyl sites for hydroxylation is 1. The van der Waals surface area contributed by atoms with Gasteiger partial charge < -0.3 is 18.9 Å². The van der Waals surface area contributed by atoms with Gasteiger partial charge in [-0.05, 0) is 43.5 Å². The lowest BCUT2D eigenvalue weighted by molar-refractivity contribution is -0.134. The molecule has 0 radical (unpaired) electrons. The van der Waals surface area contributed by atoms with Crippen LogP contribution in [0, 0.1) is 6.92 Å². The zero-order valence-corrected chi connectivity index (χ0v) is 34.9. The van der Waals surface area contributed by atoms with Gasteiger partial charge in [-0.15, -0.1) is 0 Å². The van der Waals surface area contributed by atoms with E-state index in [9.17, 15) is 28.4 Å². The summed E-state index contributed by atoms with van der Waals surface area (Å²) in [7, 11) is -9.04. The molecular formula is C40H64N2O11P2. The molecule has 15 heteroatoms. The van der Waals surface area contributed by atoms with Crippen LogP contribution >= 0.6 is 15.4 Å². The minimum atomic E-state index is -4.90. The summed E-state index contributed by atoms with van der Waals surface area (Å²) < 4.78 is 55.6. The van der Waals surface area contributed by atoms with Crippen molar-refractivity contribution in [1.29, 1.82) is 0 Å². The Hall–Kier alpha value is -2.63. The lowest BCUT2D eigenvalue weighted by Gasteiger charge is -2.22. The number of carbonyl (C=O) groups excluding carboxylic acids is 1. The Morgan fingerprint density at radius 1 is 0.800 bits per heavy atom. The maximum absolute atomic E-state index is 14.0. The molecule has 2 unspecified atom stereocenters. The predicted octanol–water partition coefficient (Wildman–Crippen LogP) is 10.2. The molecule has 2 N–H and O–H groups in total. The van der Waals surface area contributed by atoms with Crippen LogP contribution in [0.5, 0.6) is 5.75 Å². The molecule has 2 aromatic rings. The first kappa shape index (κ1) is 46.8. The molecule has 0 saturated heterocycles. The number of nitrogens with one attached hydrogen (secondary N) is 1. The van der Waals surface area contributed by atoms with Crippen LogP contribution in [0.1, 0.15) is 153 Å². The molecular weight excluding hydrogens is 746 g/mol. The molecule has 310 valence electrons. The number of hydrogen-bond donors (Lipinski definition) is 2. The summed E-state index contributed by atoms with van der Waals surface area (Å²) >= 11 is 0. The van der Waals surface area contributed by atoms with E-state index in [1.807, 2.05) is 6.92 Å². The zero-order chi connectivity index (χ0) is 39.9. The number of benzene rings is 1. The molecule has 0 fully saturated rings. The second-order valence-electron chi connectivity index (χ2n) is 14.4. The van der Waals surface area contributed by atoms with Gasteiger partial charge in [-0.25, -0.2) is 13.7 Å². The van der Waals surface area contributed by atoms with Crippen LogP contribution in [0.15, 0.2) is 52.2 Å². The van der Waals surface area contributed by atoms with Crippen LogP contribution in [0.2, 0.25) is 0 Å². The molecule has 0 spiro atoms. The van der Waals surface area contributed by atoms with Gasteiger partial charge in [0.1, 0.15) is 11.9 Å². The van der Waals surface area contributed by atoms with Crippen LogP contribution in [0.3, 0.4) is 0 Å². The Bertz CT molecular complexity index is 1660. The molecule has 0 amide bonds. The lowest BCUT2D eigenvalue weighted by atomic mass is 10.0. The van der Waals surface area contributed by atoms with E-state index in [2.05, 4.69) is 11.9 Å². The number of phosphoric acid groups is 1. The molecule has 13 nitrogen and oxygen atoms in total. The van der Waals surface area contributed by atoms with E-state index < -0.39 is 45.6 Å². The van der Waals surface area contributed by atoms with Crippen LogP contribution in [-0.2, 0) is 38.6 Å². The second-order valence-corrected chi connectivity index (χ2v) is 18.2. The molecule has 0 aliphatic carbocycles. The highest BCUT2D eigenvalue weighted by Crippen LogP contribution is 2.63. The summed E-state index contributed by atoms with van der Waals surface area (Å²) in [4.78, 5) is 48.9. The maximum Gasteiger partial charge on any atom is 0.479 e. The average molecular weight is 811 g/mol. The van der Waals surface area contributed by atoms with Crippen molar-refractivity contribution in [3.8, 4) is 5.75 Å². The Morgan fingerprint density at radius 2 is 1.36 bits per heavy atom. The normalized spacial score (nSPS) is 17.6. The van der Waals surface area contributed by atoms with Gasteiger partial charge in [-0.2, -0.15) is 0 Å². The molecule has 3 rings (SSSR count). The highest BCUT2D eigenvalue weighted by molar-refractivity contribution is 7.64. The summed E-state index contributed by atoms with van der Waals surface area (Å²) in [6.07, 6.45) is 23.4. The number of phosphoric ester groups is 1. The summed E-state index contributed by atoms with van der Waals surface area (Å²) in [5, 5.41) is 0. The van der Waals surface area contributed by atoms with Gasteiger partial charge >= 0.3 is 27.1 Å². The molecule has 4 atom stereocenters. The van der Waals surface area contributed by atoms with Gasteiger partial charge in [0.2, 0.25) is 0 Å². The van der Waals surface area contributed by atoms with Gasteiger partial charge in [0.15, 0.2) is 6.23 Å². The van der Waals surface area contributed by atoms with Gasteiger partial charge in [0, 0.05) is 18.2 Å². The summed E-state index contributed by atoms with van der Waals surface area (Å²) in [6.45, 7) is 5.18. The first-order valence-electron chi connectivity index (χ1n) is 20.3. The molecule has 1 aliphatic rings. The predicted molar refractivity (Wildman–Crippen MR) is 214 cm³/mol. The fraction of sp³-hybridized carbons (Fsp3) is 0.675. The van der Waals surface area contributed by atoms with Gasteiger partial charge in [0.05, 0.1) is 19.4 Å². The van der Waals surface area contributed by atoms with Gasteiger partial charge in [0.25, 0.3) is 5.56 Å². The summed E-state index contributed by atoms with van der Waals surface area (Å²) in [5.41, 5.74) is -0.265. The van der Waals surface area contributed by atoms with Crippen molar-refractivity contribution in [2.24, 2.45) is 0 Å². The van der Waals surface area contributed by atoms with E-state index in [4.69, 9.17) is 22.8 Å². The van der Waals surface area contributed by atoms with Crippen LogP contribution in [0.25, 0.3) is 0 Å². The van der Waals surface area contributed by atoms with Crippen LogP contribution < -0.4 is 16.0 Å². The molecule has 1 aromatic heterocycles. The fourth-order valence-electron chi connectivity index (χ4n) is 6.18. The largest absolute Gasteiger partial charge is 0.479 e. The van der Waals surface area contributed by atoms with E-state index in [1.54, 1.807) is 43.3 Å². The first-order valence-corrected chi connectivity index (χ1v) is 23.5. The molecule has 0 saturated carbocycles. The third-order valence-electron chi connectivity index (χ3n) is 9.46. The van der Waals surface area contributed by atoms with E-state index >= 15 is 0 Å². The highest BCUT2D eigenvalue weighted by Gasteiger charge is 2.37. The van der Waals surface area contributed by atoms with Crippen molar-refractivity contribution >= 4 is 21.4 Å². The zero-order valence-electron chi connectivity index (χ0n) is 33.1. The topological polar surface area (TPSA) is 172 Å². The van der Waals surface area contributed by atoms with Crippen molar-refractivity contribution in [3.63, 3.8) is 0 Å². The lowest BCUT2D eigenvalue weighted by Crippen LogP contribution is -2.33. The fourth-order valence-corrected chi connectivity index (χ4v) is 9.56. The van der Waals surface area contributed by atoms with E-state index in [0.29, 0.717) is 29.7 Å². The molecule has 2 heterocycles. The molecule has 1 aliphatic heterocycles. The number of carbonyl (C=O) groups is 1. The van der Waals surface area contributed by atoms with Crippen molar-refractivity contribution < 1.29 is 41.6 Å². The van der Waals surface area contributed by atoms with Crippen LogP contribution in [0.4, 0.5) is 0 Å².